The SMILES string of the molecule is Cc1sc2nc(-c3c(F)cccc3F)[nH]c(=O)c2c1-c1cccs1. The first kappa shape index (κ1) is 15.2. The maximum atomic E-state index is 14.0. The Kier molecular flexibility index (Phi) is 3.54. The van der Waals surface area contributed by atoms with Gasteiger partial charge >= 0.3 is 0 Å². The predicted molar refractivity (Wildman–Crippen MR) is 93.6 cm³/mol. The summed E-state index contributed by atoms with van der Waals surface area (Å²) >= 11 is 2.87. The molecule has 0 unspecified atom stereocenters. The summed E-state index contributed by atoms with van der Waals surface area (Å²) in [5.41, 5.74) is 0.116. The van der Waals surface area contributed by atoms with Crippen LogP contribution < -0.4 is 5.56 Å². The van der Waals surface area contributed by atoms with E-state index in [4.69, 9.17) is 0 Å². The van der Waals surface area contributed by atoms with Crippen molar-refractivity contribution in [2.45, 2.75) is 6.92 Å². The van der Waals surface area contributed by atoms with Crippen LogP contribution in [0.3, 0.4) is 0 Å². The van der Waals surface area contributed by atoms with Crippen molar-refractivity contribution in [3.63, 3.8) is 0 Å². The molecule has 1 N–H and O–H groups in total. The lowest BCUT2D eigenvalue weighted by Crippen LogP contribution is -2.10. The highest BCUT2D eigenvalue weighted by Gasteiger charge is 2.20. The minimum absolute atomic E-state index is 0.0953. The van der Waals surface area contributed by atoms with Gasteiger partial charge in [-0.15, -0.1) is 22.7 Å². The molecule has 3 aromatic heterocycles. The lowest BCUT2D eigenvalue weighted by molar-refractivity contribution is 0.587. The Hall–Kier alpha value is -2.38. The molecule has 0 fully saturated rings. The second kappa shape index (κ2) is 5.61. The summed E-state index contributed by atoms with van der Waals surface area (Å²) in [4.78, 5) is 21.8. The summed E-state index contributed by atoms with van der Waals surface area (Å²) in [6.45, 7) is 1.91. The van der Waals surface area contributed by atoms with E-state index in [0.29, 0.717) is 10.2 Å². The number of aromatic nitrogens is 2. The van der Waals surface area contributed by atoms with Crippen molar-refractivity contribution in [3.8, 4) is 21.8 Å². The highest BCUT2D eigenvalue weighted by atomic mass is 32.1. The van der Waals surface area contributed by atoms with Gasteiger partial charge in [0.25, 0.3) is 5.56 Å². The zero-order valence-electron chi connectivity index (χ0n) is 12.4. The van der Waals surface area contributed by atoms with Gasteiger partial charge in [-0.1, -0.05) is 12.1 Å². The molecule has 1 aromatic carbocycles. The van der Waals surface area contributed by atoms with Crippen molar-refractivity contribution in [2.75, 3.05) is 0 Å². The van der Waals surface area contributed by atoms with Crippen LogP contribution in [0.15, 0.2) is 40.5 Å². The number of halogens is 2. The molecule has 4 rings (SSSR count). The zero-order chi connectivity index (χ0) is 16.8. The summed E-state index contributed by atoms with van der Waals surface area (Å²) in [5, 5.41) is 2.39. The maximum absolute atomic E-state index is 14.0. The van der Waals surface area contributed by atoms with Crippen LogP contribution in [0.25, 0.3) is 32.0 Å². The van der Waals surface area contributed by atoms with Crippen LogP contribution in [-0.4, -0.2) is 9.97 Å². The van der Waals surface area contributed by atoms with E-state index in [1.807, 2.05) is 24.4 Å². The lowest BCUT2D eigenvalue weighted by Gasteiger charge is -2.04. The predicted octanol–water partition coefficient (Wildman–Crippen LogP) is 4.97. The van der Waals surface area contributed by atoms with E-state index in [0.717, 1.165) is 27.5 Å². The molecule has 0 amide bonds. The second-order valence-corrected chi connectivity index (χ2v) is 7.35. The van der Waals surface area contributed by atoms with Gasteiger partial charge in [0, 0.05) is 15.3 Å². The molecule has 4 aromatic rings. The van der Waals surface area contributed by atoms with Crippen molar-refractivity contribution in [1.29, 1.82) is 0 Å². The summed E-state index contributed by atoms with van der Waals surface area (Å²) in [6.07, 6.45) is 0. The third-order valence-corrected chi connectivity index (χ3v) is 5.59. The zero-order valence-corrected chi connectivity index (χ0v) is 14.0. The Balaban J connectivity index is 2.03. The fourth-order valence-electron chi connectivity index (χ4n) is 2.68. The molecule has 0 spiro atoms. The molecule has 0 aliphatic rings. The third-order valence-electron chi connectivity index (χ3n) is 3.71. The van der Waals surface area contributed by atoms with Gasteiger partial charge in [0.2, 0.25) is 0 Å². The molecule has 0 bridgehead atoms. The highest BCUT2D eigenvalue weighted by molar-refractivity contribution is 7.20. The largest absolute Gasteiger partial charge is 0.306 e. The normalized spacial score (nSPS) is 11.3. The van der Waals surface area contributed by atoms with Crippen molar-refractivity contribution >= 4 is 32.9 Å². The monoisotopic (exact) mass is 360 g/mol. The first-order valence-corrected chi connectivity index (χ1v) is 8.77. The van der Waals surface area contributed by atoms with Crippen LogP contribution in [0, 0.1) is 18.6 Å². The van der Waals surface area contributed by atoms with Gasteiger partial charge in [-0.25, -0.2) is 13.8 Å². The Morgan fingerprint density at radius 2 is 1.83 bits per heavy atom. The summed E-state index contributed by atoms with van der Waals surface area (Å²) in [7, 11) is 0. The lowest BCUT2D eigenvalue weighted by atomic mass is 10.1. The first-order valence-electron chi connectivity index (χ1n) is 7.08. The van der Waals surface area contributed by atoms with Crippen LogP contribution in [0.4, 0.5) is 8.78 Å². The van der Waals surface area contributed by atoms with Crippen LogP contribution in [0.5, 0.6) is 0 Å². The molecular weight excluding hydrogens is 350 g/mol. The van der Waals surface area contributed by atoms with E-state index in [1.54, 1.807) is 0 Å². The van der Waals surface area contributed by atoms with E-state index < -0.39 is 17.2 Å². The van der Waals surface area contributed by atoms with E-state index in [2.05, 4.69) is 9.97 Å². The van der Waals surface area contributed by atoms with Gasteiger partial charge in [-0.3, -0.25) is 4.79 Å². The number of rotatable bonds is 2. The van der Waals surface area contributed by atoms with Gasteiger partial charge in [0.1, 0.15) is 22.3 Å². The number of fused-ring (bicyclic) bond motifs is 1. The number of hydrogen-bond donors (Lipinski definition) is 1. The van der Waals surface area contributed by atoms with Gasteiger partial charge in [-0.2, -0.15) is 0 Å². The van der Waals surface area contributed by atoms with Crippen LogP contribution in [0.2, 0.25) is 0 Å². The molecule has 24 heavy (non-hydrogen) atoms. The number of benzene rings is 1. The van der Waals surface area contributed by atoms with Gasteiger partial charge in [0.15, 0.2) is 0 Å². The number of aromatic amines is 1. The standard InChI is InChI=1S/C17H10F2N2OS2/c1-8-12(11-6-3-7-23-11)14-16(22)20-15(21-17(14)24-8)13-9(18)4-2-5-10(13)19/h2-7H,1H3,(H,20,21,22). The molecule has 7 heteroatoms. The fraction of sp³-hybridized carbons (Fsp3) is 0.0588. The van der Waals surface area contributed by atoms with Gasteiger partial charge in [-0.05, 0) is 30.5 Å². The van der Waals surface area contributed by atoms with Crippen molar-refractivity contribution < 1.29 is 8.78 Å². The third kappa shape index (κ3) is 2.28. The second-order valence-electron chi connectivity index (χ2n) is 5.20. The maximum Gasteiger partial charge on any atom is 0.260 e. The van der Waals surface area contributed by atoms with E-state index >= 15 is 0 Å². The van der Waals surface area contributed by atoms with Crippen LogP contribution >= 0.6 is 22.7 Å². The Morgan fingerprint density at radius 3 is 2.50 bits per heavy atom. The molecule has 0 radical (unpaired) electrons. The quantitative estimate of drug-likeness (QED) is 0.549. The van der Waals surface area contributed by atoms with Crippen LogP contribution in [-0.2, 0) is 0 Å². The average Bonchev–Trinajstić information content (AvgIpc) is 3.14. The number of aryl methyl sites for hydroxylation is 1. The molecular formula is C17H10F2N2OS2. The molecule has 0 saturated carbocycles. The highest BCUT2D eigenvalue weighted by Crippen LogP contribution is 2.38. The van der Waals surface area contributed by atoms with Gasteiger partial charge in [0.05, 0.1) is 10.9 Å². The summed E-state index contributed by atoms with van der Waals surface area (Å²) in [6, 6.07) is 7.39. The van der Waals surface area contributed by atoms with E-state index in [9.17, 15) is 13.6 Å². The number of nitrogens with zero attached hydrogens (tertiary/aromatic N) is 1. The molecule has 3 heterocycles. The van der Waals surface area contributed by atoms with Gasteiger partial charge < -0.3 is 4.98 Å². The van der Waals surface area contributed by atoms with Crippen LogP contribution in [0.1, 0.15) is 4.88 Å². The first-order chi connectivity index (χ1) is 11.6. The van der Waals surface area contributed by atoms with E-state index in [1.165, 1.54) is 28.7 Å². The molecule has 0 aliphatic carbocycles. The molecule has 120 valence electrons. The van der Waals surface area contributed by atoms with Crippen molar-refractivity contribution in [2.24, 2.45) is 0 Å². The Labute approximate surface area is 143 Å². The molecule has 0 aliphatic heterocycles. The molecule has 0 saturated heterocycles. The minimum Gasteiger partial charge on any atom is -0.306 e. The number of thiophene rings is 2. The molecule has 3 nitrogen and oxygen atoms in total. The Morgan fingerprint density at radius 1 is 1.08 bits per heavy atom. The van der Waals surface area contributed by atoms with E-state index in [-0.39, 0.29) is 11.4 Å². The summed E-state index contributed by atoms with van der Waals surface area (Å²) in [5.74, 6) is -1.62. The minimum atomic E-state index is -0.760. The number of nitrogens with one attached hydrogen (secondary N) is 1. The number of H-pyrrole nitrogens is 1. The summed E-state index contributed by atoms with van der Waals surface area (Å²) < 4.78 is 28.0. The fourth-order valence-corrected chi connectivity index (χ4v) is 4.62. The topological polar surface area (TPSA) is 45.8 Å². The Bertz CT molecular complexity index is 1090. The van der Waals surface area contributed by atoms with Crippen molar-refractivity contribution in [1.82, 2.24) is 9.97 Å². The molecule has 0 atom stereocenters. The number of hydrogen-bond acceptors (Lipinski definition) is 4. The smallest absolute Gasteiger partial charge is 0.260 e. The average molecular weight is 360 g/mol. The van der Waals surface area contributed by atoms with Crippen molar-refractivity contribution in [3.05, 3.63) is 62.6 Å².